The molecule has 1 atom stereocenters. The molecular weight excluding hydrogens is 530 g/mol. The maximum absolute atomic E-state index is 13.0. The number of hydrogen-bond acceptors (Lipinski definition) is 7. The fourth-order valence-corrected chi connectivity index (χ4v) is 5.03. The Morgan fingerprint density at radius 2 is 1.35 bits per heavy atom. The van der Waals surface area contributed by atoms with Gasteiger partial charge in [-0.05, 0) is 86.3 Å². The van der Waals surface area contributed by atoms with Crippen molar-refractivity contribution < 1.29 is 27.5 Å². The summed E-state index contributed by atoms with van der Waals surface area (Å²) in [5.41, 5.74) is 2.46. The van der Waals surface area contributed by atoms with Crippen LogP contribution >= 0.6 is 0 Å². The highest BCUT2D eigenvalue weighted by Crippen LogP contribution is 2.25. The number of sulfonamides is 1. The fraction of sp³-hybridized carbons (Fsp3) is 0.333. The summed E-state index contributed by atoms with van der Waals surface area (Å²) < 4.78 is 39.3. The van der Waals surface area contributed by atoms with E-state index in [0.717, 1.165) is 16.8 Å². The molecule has 2 N–H and O–H groups in total. The second-order valence-electron chi connectivity index (χ2n) is 10.9. The Hall–Kier alpha value is -3.89. The van der Waals surface area contributed by atoms with Gasteiger partial charge in [-0.1, -0.05) is 38.1 Å². The van der Waals surface area contributed by atoms with E-state index in [1.165, 1.54) is 12.1 Å². The van der Waals surface area contributed by atoms with Gasteiger partial charge in [0.15, 0.2) is 0 Å². The molecule has 0 saturated heterocycles. The molecule has 0 spiro atoms. The predicted octanol–water partition coefficient (Wildman–Crippen LogP) is 5.68. The summed E-state index contributed by atoms with van der Waals surface area (Å²) in [4.78, 5) is 26.9. The van der Waals surface area contributed by atoms with Crippen LogP contribution in [0.25, 0.3) is 11.1 Å². The van der Waals surface area contributed by atoms with Gasteiger partial charge < -0.3 is 14.4 Å². The number of rotatable bonds is 9. The maximum Gasteiger partial charge on any atom is 0.417 e. The van der Waals surface area contributed by atoms with Crippen molar-refractivity contribution in [3.63, 3.8) is 0 Å². The monoisotopic (exact) mass is 567 g/mol. The number of nitrogens with zero attached hydrogens (tertiary/aromatic N) is 1. The molecular formula is C30H37N3O6S. The molecule has 3 aromatic rings. The third-order valence-corrected chi connectivity index (χ3v) is 7.26. The standard InChI is InChI=1S/C30H37N3O6S/c1-20(2)27(28(34)39-30(3,4)5)32-40(36,37)26-18-10-22(11-19-26)21-8-16-25(17-9-21)38-29(35)31-23-12-14-24(15-13-23)33(6)7/h8-20,27,32H,1-7H3,(H,31,35)/t27-/m1/s1. The first kappa shape index (κ1) is 30.6. The highest BCUT2D eigenvalue weighted by Gasteiger charge is 2.32. The lowest BCUT2D eigenvalue weighted by Crippen LogP contribution is -2.47. The maximum atomic E-state index is 13.0. The molecule has 1 amide bonds. The van der Waals surface area contributed by atoms with Crippen LogP contribution in [0.3, 0.4) is 0 Å². The smallest absolute Gasteiger partial charge is 0.417 e. The van der Waals surface area contributed by atoms with Crippen molar-refractivity contribution in [1.82, 2.24) is 4.72 Å². The van der Waals surface area contributed by atoms with Crippen LogP contribution in [0.5, 0.6) is 5.75 Å². The van der Waals surface area contributed by atoms with Gasteiger partial charge in [0, 0.05) is 25.5 Å². The summed E-state index contributed by atoms with van der Waals surface area (Å²) in [6, 6.07) is 19.5. The second kappa shape index (κ2) is 12.5. The second-order valence-corrected chi connectivity index (χ2v) is 12.6. The quantitative estimate of drug-likeness (QED) is 0.320. The minimum Gasteiger partial charge on any atom is -0.459 e. The third kappa shape index (κ3) is 8.56. The van der Waals surface area contributed by atoms with Crippen LogP contribution in [-0.4, -0.2) is 46.2 Å². The summed E-state index contributed by atoms with van der Waals surface area (Å²) >= 11 is 0. The largest absolute Gasteiger partial charge is 0.459 e. The van der Waals surface area contributed by atoms with Crippen LogP contribution in [0.1, 0.15) is 34.6 Å². The Bertz CT molecular complexity index is 1410. The zero-order valence-electron chi connectivity index (χ0n) is 23.9. The number of nitrogens with one attached hydrogen (secondary N) is 2. The summed E-state index contributed by atoms with van der Waals surface area (Å²) in [7, 11) is -0.104. The zero-order chi connectivity index (χ0) is 29.7. The fourth-order valence-electron chi connectivity index (χ4n) is 3.69. The highest BCUT2D eigenvalue weighted by atomic mass is 32.2. The first-order valence-electron chi connectivity index (χ1n) is 12.9. The van der Waals surface area contributed by atoms with E-state index < -0.39 is 33.7 Å². The molecule has 0 aliphatic rings. The number of benzene rings is 3. The van der Waals surface area contributed by atoms with Gasteiger partial charge in [0.2, 0.25) is 10.0 Å². The third-order valence-electron chi connectivity index (χ3n) is 5.80. The molecule has 0 aliphatic carbocycles. The first-order valence-corrected chi connectivity index (χ1v) is 14.3. The van der Waals surface area contributed by atoms with Gasteiger partial charge >= 0.3 is 12.1 Å². The van der Waals surface area contributed by atoms with Gasteiger partial charge in [-0.15, -0.1) is 0 Å². The zero-order valence-corrected chi connectivity index (χ0v) is 24.7. The van der Waals surface area contributed by atoms with Crippen LogP contribution in [0.2, 0.25) is 0 Å². The molecule has 3 aromatic carbocycles. The van der Waals surface area contributed by atoms with Gasteiger partial charge in [-0.2, -0.15) is 4.72 Å². The molecule has 0 aliphatic heterocycles. The van der Waals surface area contributed by atoms with Gasteiger partial charge in [0.05, 0.1) is 4.90 Å². The van der Waals surface area contributed by atoms with Gasteiger partial charge in [0.1, 0.15) is 17.4 Å². The molecule has 40 heavy (non-hydrogen) atoms. The summed E-state index contributed by atoms with van der Waals surface area (Å²) in [6.45, 7) is 8.69. The molecule has 0 heterocycles. The number of ether oxygens (including phenoxy) is 2. The summed E-state index contributed by atoms with van der Waals surface area (Å²) in [6.07, 6.45) is -0.613. The van der Waals surface area contributed by atoms with E-state index in [-0.39, 0.29) is 10.8 Å². The average molecular weight is 568 g/mol. The highest BCUT2D eigenvalue weighted by molar-refractivity contribution is 7.89. The number of carbonyl (C=O) groups is 2. The SMILES string of the molecule is CC(C)[C@@H](NS(=O)(=O)c1ccc(-c2ccc(OC(=O)Nc3ccc(N(C)C)cc3)cc2)cc1)C(=O)OC(C)(C)C. The average Bonchev–Trinajstić information content (AvgIpc) is 2.87. The summed E-state index contributed by atoms with van der Waals surface area (Å²) in [5.74, 6) is -0.576. The molecule has 0 unspecified atom stereocenters. The van der Waals surface area contributed by atoms with E-state index >= 15 is 0 Å². The van der Waals surface area contributed by atoms with E-state index in [1.807, 2.05) is 31.1 Å². The van der Waals surface area contributed by atoms with Gasteiger partial charge in [0.25, 0.3) is 0 Å². The molecule has 0 bridgehead atoms. The van der Waals surface area contributed by atoms with Crippen LogP contribution in [0.15, 0.2) is 77.7 Å². The number of esters is 1. The normalized spacial score (nSPS) is 12.5. The Kier molecular flexibility index (Phi) is 9.60. The summed E-state index contributed by atoms with van der Waals surface area (Å²) in [5, 5.41) is 2.69. The van der Waals surface area contributed by atoms with Crippen molar-refractivity contribution in [1.29, 1.82) is 0 Å². The van der Waals surface area contributed by atoms with Crippen molar-refractivity contribution in [2.24, 2.45) is 5.92 Å². The minimum atomic E-state index is -3.97. The predicted molar refractivity (Wildman–Crippen MR) is 157 cm³/mol. The Balaban J connectivity index is 1.64. The number of hydrogen-bond donors (Lipinski definition) is 2. The lowest BCUT2D eigenvalue weighted by atomic mass is 10.1. The molecule has 0 fully saturated rings. The molecule has 0 aromatic heterocycles. The molecule has 0 saturated carbocycles. The lowest BCUT2D eigenvalue weighted by molar-refractivity contribution is -0.158. The molecule has 10 heteroatoms. The minimum absolute atomic E-state index is 0.0284. The van der Waals surface area contributed by atoms with Crippen molar-refractivity contribution in [2.45, 2.75) is 51.2 Å². The Labute approximate surface area is 236 Å². The van der Waals surface area contributed by atoms with E-state index in [1.54, 1.807) is 83.1 Å². The Morgan fingerprint density at radius 1 is 0.825 bits per heavy atom. The molecule has 0 radical (unpaired) electrons. The van der Waals surface area contributed by atoms with Crippen molar-refractivity contribution in [3.05, 3.63) is 72.8 Å². The number of carbonyl (C=O) groups excluding carboxylic acids is 2. The van der Waals surface area contributed by atoms with Crippen LogP contribution in [0.4, 0.5) is 16.2 Å². The topological polar surface area (TPSA) is 114 Å². The van der Waals surface area contributed by atoms with Crippen molar-refractivity contribution >= 4 is 33.5 Å². The van der Waals surface area contributed by atoms with Gasteiger partial charge in [-0.25, -0.2) is 13.2 Å². The number of anilines is 2. The van der Waals surface area contributed by atoms with E-state index in [4.69, 9.17) is 9.47 Å². The Morgan fingerprint density at radius 3 is 1.82 bits per heavy atom. The molecule has 214 valence electrons. The van der Waals surface area contributed by atoms with E-state index in [9.17, 15) is 18.0 Å². The van der Waals surface area contributed by atoms with Crippen molar-refractivity contribution in [3.8, 4) is 16.9 Å². The van der Waals surface area contributed by atoms with Crippen LogP contribution < -0.4 is 19.7 Å². The first-order chi connectivity index (χ1) is 18.6. The van der Waals surface area contributed by atoms with Crippen LogP contribution in [-0.2, 0) is 19.6 Å². The van der Waals surface area contributed by atoms with E-state index in [2.05, 4.69) is 10.0 Å². The van der Waals surface area contributed by atoms with Crippen molar-refractivity contribution in [2.75, 3.05) is 24.3 Å². The van der Waals surface area contributed by atoms with Crippen LogP contribution in [0, 0.1) is 5.92 Å². The lowest BCUT2D eigenvalue weighted by Gasteiger charge is -2.26. The molecule has 3 rings (SSSR count). The number of amides is 1. The molecule has 9 nitrogen and oxygen atoms in total. The van der Waals surface area contributed by atoms with E-state index in [0.29, 0.717) is 11.4 Å². The van der Waals surface area contributed by atoms with Gasteiger partial charge in [-0.3, -0.25) is 10.1 Å².